The largest absolute Gasteiger partial charge is 0.381 e. The summed E-state index contributed by atoms with van der Waals surface area (Å²) >= 11 is 0. The lowest BCUT2D eigenvalue weighted by molar-refractivity contribution is 0.0553. The smallest absolute Gasteiger partial charge is 0.252 e. The van der Waals surface area contributed by atoms with Gasteiger partial charge in [-0.1, -0.05) is 41.6 Å². The number of ether oxygens (including phenoxy) is 1. The van der Waals surface area contributed by atoms with Gasteiger partial charge in [-0.3, -0.25) is 9.78 Å². The quantitative estimate of drug-likeness (QED) is 0.333. The highest BCUT2D eigenvalue weighted by Crippen LogP contribution is 2.42. The molecule has 8 heteroatoms. The van der Waals surface area contributed by atoms with Gasteiger partial charge in [0.25, 0.3) is 5.91 Å². The third-order valence-corrected chi connectivity index (χ3v) is 8.22. The van der Waals surface area contributed by atoms with Gasteiger partial charge in [0.15, 0.2) is 0 Å². The third kappa shape index (κ3) is 4.19. The van der Waals surface area contributed by atoms with Gasteiger partial charge in [-0.25, -0.2) is 4.68 Å². The maximum absolute atomic E-state index is 13.5. The van der Waals surface area contributed by atoms with Gasteiger partial charge in [-0.05, 0) is 62.3 Å². The van der Waals surface area contributed by atoms with Crippen LogP contribution in [0.2, 0.25) is 0 Å². The molecule has 0 radical (unpaired) electrons. The molecule has 7 rings (SSSR count). The average molecular weight is 521 g/mol. The zero-order chi connectivity index (χ0) is 26.5. The molecule has 0 bridgehead atoms. The minimum atomic E-state index is -0.0259. The van der Waals surface area contributed by atoms with E-state index in [4.69, 9.17) is 9.72 Å². The molecule has 0 unspecified atom stereocenters. The monoisotopic (exact) mass is 520 g/mol. The Morgan fingerprint density at radius 2 is 1.82 bits per heavy atom. The third-order valence-electron chi connectivity index (χ3n) is 8.22. The summed E-state index contributed by atoms with van der Waals surface area (Å²) in [6.45, 7) is 3.48. The number of fused-ring (bicyclic) bond motifs is 3. The Balaban J connectivity index is 1.53. The molecule has 3 aromatic heterocycles. The number of nitrogens with one attached hydrogen (secondary N) is 1. The summed E-state index contributed by atoms with van der Waals surface area (Å²) in [7, 11) is 1.91. The van der Waals surface area contributed by atoms with Gasteiger partial charge < -0.3 is 14.6 Å². The number of pyridine rings is 1. The van der Waals surface area contributed by atoms with Crippen LogP contribution in [-0.4, -0.2) is 49.7 Å². The predicted octanol–water partition coefficient (Wildman–Crippen LogP) is 5.20. The molecule has 39 heavy (non-hydrogen) atoms. The number of carbonyl (C=O) groups is 1. The summed E-state index contributed by atoms with van der Waals surface area (Å²) in [4.78, 5) is 18.5. The Morgan fingerprint density at radius 3 is 2.54 bits per heavy atom. The van der Waals surface area contributed by atoms with Crippen LogP contribution in [-0.2, 0) is 11.8 Å². The van der Waals surface area contributed by atoms with E-state index < -0.39 is 0 Å². The number of rotatable bonds is 6. The van der Waals surface area contributed by atoms with Crippen LogP contribution < -0.4 is 5.32 Å². The lowest BCUT2D eigenvalue weighted by Gasteiger charge is -2.33. The summed E-state index contributed by atoms with van der Waals surface area (Å²) in [5.41, 5.74) is 7.56. The first-order valence-electron chi connectivity index (χ1n) is 13.8. The molecule has 1 atom stereocenters. The molecule has 2 aliphatic rings. The maximum atomic E-state index is 13.5. The van der Waals surface area contributed by atoms with Crippen LogP contribution >= 0.6 is 0 Å². The Hall–Kier alpha value is -4.04. The Labute approximate surface area is 227 Å². The Bertz CT molecular complexity index is 1660. The second-order valence-electron chi connectivity index (χ2n) is 10.9. The molecule has 1 aliphatic heterocycles. The lowest BCUT2D eigenvalue weighted by atomic mass is 9.86. The molecular formula is C31H32N6O2. The van der Waals surface area contributed by atoms with Crippen LogP contribution in [0.4, 0.5) is 0 Å². The van der Waals surface area contributed by atoms with Gasteiger partial charge in [0.1, 0.15) is 0 Å². The summed E-state index contributed by atoms with van der Waals surface area (Å²) in [6.07, 6.45) is 5.92. The van der Waals surface area contributed by atoms with Crippen LogP contribution in [0.5, 0.6) is 0 Å². The fourth-order valence-electron chi connectivity index (χ4n) is 6.23. The van der Waals surface area contributed by atoms with Crippen molar-refractivity contribution < 1.29 is 9.53 Å². The van der Waals surface area contributed by atoms with Gasteiger partial charge >= 0.3 is 0 Å². The molecule has 1 saturated heterocycles. The van der Waals surface area contributed by atoms with Crippen molar-refractivity contribution in [2.75, 3.05) is 13.2 Å². The zero-order valence-corrected chi connectivity index (χ0v) is 22.3. The predicted molar refractivity (Wildman–Crippen MR) is 151 cm³/mol. The van der Waals surface area contributed by atoms with Crippen molar-refractivity contribution in [3.8, 4) is 11.3 Å². The number of benzene rings is 2. The van der Waals surface area contributed by atoms with E-state index in [1.165, 1.54) is 5.56 Å². The first kappa shape index (κ1) is 24.0. The first-order chi connectivity index (χ1) is 19.1. The normalized spacial score (nSPS) is 17.1. The number of aryl methyl sites for hydroxylation is 2. The lowest BCUT2D eigenvalue weighted by Crippen LogP contribution is -2.27. The fraction of sp³-hybridized carbons (Fsp3) is 0.355. The number of amides is 1. The molecule has 2 aromatic carbocycles. The van der Waals surface area contributed by atoms with Gasteiger partial charge in [-0.2, -0.15) is 0 Å². The molecule has 1 aliphatic carbocycles. The van der Waals surface area contributed by atoms with E-state index in [2.05, 4.69) is 62.7 Å². The van der Waals surface area contributed by atoms with Crippen LogP contribution in [0.3, 0.4) is 0 Å². The SMILES string of the molecule is Cc1nnn(C)c1-c1cnc2c3c(C(=O)NC4CC4)cccc3n([C@H](c3ccccc3)C3CCOCC3)c2c1. The van der Waals surface area contributed by atoms with Crippen LogP contribution in [0.25, 0.3) is 33.2 Å². The van der Waals surface area contributed by atoms with E-state index in [1.54, 1.807) is 4.68 Å². The molecule has 198 valence electrons. The van der Waals surface area contributed by atoms with Crippen molar-refractivity contribution in [2.45, 2.75) is 44.7 Å². The second-order valence-corrected chi connectivity index (χ2v) is 10.9. The summed E-state index contributed by atoms with van der Waals surface area (Å²) < 4.78 is 10.0. The standard InChI is InChI=1S/C31H32N6O2/c1-19-29(36(2)35-34-19)22-17-26-28(32-18-22)27-24(31(38)33-23-11-12-23)9-6-10-25(27)37(26)30(20-7-4-3-5-8-20)21-13-15-39-16-14-21/h3-10,17-18,21,23,30H,11-16H2,1-2H3,(H,33,38)/t30-/m1/s1. The van der Waals surface area contributed by atoms with Crippen molar-refractivity contribution in [2.24, 2.45) is 13.0 Å². The van der Waals surface area contributed by atoms with Gasteiger partial charge in [-0.15, -0.1) is 5.10 Å². The minimum absolute atomic E-state index is 0.0259. The highest BCUT2D eigenvalue weighted by Gasteiger charge is 2.32. The van der Waals surface area contributed by atoms with Crippen LogP contribution in [0, 0.1) is 12.8 Å². The molecule has 5 aromatic rings. The van der Waals surface area contributed by atoms with Crippen LogP contribution in [0.1, 0.15) is 53.3 Å². The average Bonchev–Trinajstić information content (AvgIpc) is 3.64. The molecule has 4 heterocycles. The zero-order valence-electron chi connectivity index (χ0n) is 22.3. The maximum Gasteiger partial charge on any atom is 0.252 e. The van der Waals surface area contributed by atoms with Gasteiger partial charge in [0.05, 0.1) is 39.5 Å². The van der Waals surface area contributed by atoms with E-state index in [1.807, 2.05) is 32.3 Å². The second kappa shape index (κ2) is 9.61. The minimum Gasteiger partial charge on any atom is -0.381 e. The van der Waals surface area contributed by atoms with Gasteiger partial charge in [0, 0.05) is 43.4 Å². The summed E-state index contributed by atoms with van der Waals surface area (Å²) in [6, 6.07) is 19.3. The fourth-order valence-corrected chi connectivity index (χ4v) is 6.23. The highest BCUT2D eigenvalue weighted by molar-refractivity contribution is 6.17. The number of hydrogen-bond donors (Lipinski definition) is 1. The topological polar surface area (TPSA) is 86.9 Å². The van der Waals surface area contributed by atoms with E-state index >= 15 is 0 Å². The van der Waals surface area contributed by atoms with Crippen molar-refractivity contribution in [3.63, 3.8) is 0 Å². The molecule has 1 N–H and O–H groups in total. The number of hydrogen-bond acceptors (Lipinski definition) is 5. The molecule has 1 saturated carbocycles. The molecule has 0 spiro atoms. The first-order valence-corrected chi connectivity index (χ1v) is 13.8. The number of carbonyl (C=O) groups excluding carboxylic acids is 1. The Morgan fingerprint density at radius 1 is 1.03 bits per heavy atom. The summed E-state index contributed by atoms with van der Waals surface area (Å²) in [5, 5.41) is 12.6. The van der Waals surface area contributed by atoms with Crippen molar-refractivity contribution in [1.82, 2.24) is 29.9 Å². The van der Waals surface area contributed by atoms with Crippen molar-refractivity contribution in [1.29, 1.82) is 0 Å². The van der Waals surface area contributed by atoms with Crippen LogP contribution in [0.15, 0.2) is 60.8 Å². The van der Waals surface area contributed by atoms with E-state index in [0.29, 0.717) is 11.5 Å². The van der Waals surface area contributed by atoms with E-state index in [0.717, 1.165) is 77.8 Å². The molecule has 1 amide bonds. The van der Waals surface area contributed by atoms with E-state index in [9.17, 15) is 4.79 Å². The summed E-state index contributed by atoms with van der Waals surface area (Å²) in [5.74, 6) is 0.356. The van der Waals surface area contributed by atoms with E-state index in [-0.39, 0.29) is 18.0 Å². The van der Waals surface area contributed by atoms with Crippen molar-refractivity contribution in [3.05, 3.63) is 77.6 Å². The molecule has 8 nitrogen and oxygen atoms in total. The van der Waals surface area contributed by atoms with Gasteiger partial charge in [0.2, 0.25) is 0 Å². The number of aromatic nitrogens is 5. The molecule has 2 fully saturated rings. The highest BCUT2D eigenvalue weighted by atomic mass is 16.5. The molecular weight excluding hydrogens is 488 g/mol. The number of nitrogens with zero attached hydrogens (tertiary/aromatic N) is 5. The van der Waals surface area contributed by atoms with Crippen molar-refractivity contribution >= 4 is 27.8 Å². The Kier molecular flexibility index (Phi) is 5.92.